The number of benzene rings is 1. The molecule has 9 heteroatoms. The van der Waals surface area contributed by atoms with E-state index in [1.807, 2.05) is 29.2 Å². The summed E-state index contributed by atoms with van der Waals surface area (Å²) < 4.78 is 11.8. The minimum atomic E-state index is -0.507. The Hall–Kier alpha value is -2.52. The number of hydrogen-bond acceptors (Lipinski definition) is 6. The van der Waals surface area contributed by atoms with Crippen LogP contribution in [0.25, 0.3) is 0 Å². The van der Waals surface area contributed by atoms with E-state index in [0.717, 1.165) is 31.1 Å². The number of carbonyl (C=O) groups is 1. The van der Waals surface area contributed by atoms with Crippen molar-refractivity contribution >= 4 is 11.9 Å². The molecule has 0 radical (unpaired) electrons. The van der Waals surface area contributed by atoms with Gasteiger partial charge in [0.05, 0.1) is 6.04 Å². The number of para-hydroxylation sites is 2. The van der Waals surface area contributed by atoms with Crippen LogP contribution in [0.5, 0.6) is 11.5 Å². The van der Waals surface area contributed by atoms with Gasteiger partial charge in [-0.2, -0.15) is 0 Å². The van der Waals surface area contributed by atoms with Gasteiger partial charge in [-0.1, -0.05) is 12.1 Å². The number of hydrogen-bond donors (Lipinski definition) is 3. The Kier molecular flexibility index (Phi) is 6.94. The molecule has 1 aromatic carbocycles. The molecule has 1 amide bonds. The zero-order valence-electron chi connectivity index (χ0n) is 16.1. The third-order valence-corrected chi connectivity index (χ3v) is 5.00. The van der Waals surface area contributed by atoms with Gasteiger partial charge in [-0.25, -0.2) is 0 Å². The van der Waals surface area contributed by atoms with E-state index in [-0.39, 0.29) is 18.0 Å². The molecule has 0 saturated carbocycles. The van der Waals surface area contributed by atoms with Crippen molar-refractivity contribution in [2.45, 2.75) is 25.0 Å². The molecule has 2 atom stereocenters. The van der Waals surface area contributed by atoms with E-state index in [1.54, 1.807) is 0 Å². The number of fused-ring (bicyclic) bond motifs is 1. The SMILES string of the molecule is NC(N)=NCCCC(N)C(=O)N1CCN(CC2COc3ccccc3O2)CC1. The van der Waals surface area contributed by atoms with Gasteiger partial charge in [-0.15, -0.1) is 0 Å². The number of piperazine rings is 1. The number of ether oxygens (including phenoxy) is 2. The molecule has 1 fully saturated rings. The van der Waals surface area contributed by atoms with Crippen molar-refractivity contribution in [3.8, 4) is 11.5 Å². The van der Waals surface area contributed by atoms with Crippen molar-refractivity contribution in [2.24, 2.45) is 22.2 Å². The summed E-state index contributed by atoms with van der Waals surface area (Å²) in [5.74, 6) is 1.64. The summed E-state index contributed by atoms with van der Waals surface area (Å²) in [6.45, 7) is 4.75. The Morgan fingerprint density at radius 2 is 1.89 bits per heavy atom. The minimum Gasteiger partial charge on any atom is -0.486 e. The Morgan fingerprint density at radius 1 is 1.18 bits per heavy atom. The summed E-state index contributed by atoms with van der Waals surface area (Å²) in [6.07, 6.45) is 1.25. The van der Waals surface area contributed by atoms with Gasteiger partial charge in [-0.3, -0.25) is 14.7 Å². The third kappa shape index (κ3) is 5.49. The van der Waals surface area contributed by atoms with Crippen LogP contribution in [0.1, 0.15) is 12.8 Å². The van der Waals surface area contributed by atoms with Crippen LogP contribution in [0.2, 0.25) is 0 Å². The molecule has 0 bridgehead atoms. The highest BCUT2D eigenvalue weighted by Gasteiger charge is 2.28. The zero-order valence-corrected chi connectivity index (χ0v) is 16.1. The third-order valence-electron chi connectivity index (χ3n) is 5.00. The minimum absolute atomic E-state index is 0.00414. The maximum absolute atomic E-state index is 12.5. The van der Waals surface area contributed by atoms with E-state index in [4.69, 9.17) is 26.7 Å². The number of nitrogens with zero attached hydrogens (tertiary/aromatic N) is 3. The van der Waals surface area contributed by atoms with Crippen LogP contribution in [-0.4, -0.2) is 79.7 Å². The lowest BCUT2D eigenvalue weighted by atomic mass is 10.1. The highest BCUT2D eigenvalue weighted by atomic mass is 16.6. The first-order valence-electron chi connectivity index (χ1n) is 9.73. The molecule has 1 aromatic rings. The van der Waals surface area contributed by atoms with Crippen molar-refractivity contribution in [3.63, 3.8) is 0 Å². The van der Waals surface area contributed by atoms with Crippen molar-refractivity contribution in [1.82, 2.24) is 9.80 Å². The van der Waals surface area contributed by atoms with E-state index < -0.39 is 6.04 Å². The van der Waals surface area contributed by atoms with Crippen LogP contribution in [0.15, 0.2) is 29.3 Å². The molecular formula is C19H30N6O3. The first-order chi connectivity index (χ1) is 13.5. The quantitative estimate of drug-likeness (QED) is 0.320. The first kappa shape index (κ1) is 20.2. The predicted molar refractivity (Wildman–Crippen MR) is 107 cm³/mol. The molecule has 0 spiro atoms. The van der Waals surface area contributed by atoms with E-state index in [9.17, 15) is 4.79 Å². The molecule has 3 rings (SSSR count). The van der Waals surface area contributed by atoms with Gasteiger partial charge in [0, 0.05) is 39.3 Å². The predicted octanol–water partition coefficient (Wildman–Crippen LogP) is -0.648. The fraction of sp³-hybridized carbons (Fsp3) is 0.579. The van der Waals surface area contributed by atoms with Crippen LogP contribution in [0.3, 0.4) is 0 Å². The molecular weight excluding hydrogens is 360 g/mol. The monoisotopic (exact) mass is 390 g/mol. The van der Waals surface area contributed by atoms with Gasteiger partial charge in [0.2, 0.25) is 5.91 Å². The fourth-order valence-electron chi connectivity index (χ4n) is 3.47. The number of carbonyl (C=O) groups excluding carboxylic acids is 1. The molecule has 2 aliphatic heterocycles. The van der Waals surface area contributed by atoms with Crippen molar-refractivity contribution < 1.29 is 14.3 Å². The molecule has 0 aliphatic carbocycles. The Labute approximate surface area is 165 Å². The van der Waals surface area contributed by atoms with Crippen molar-refractivity contribution in [1.29, 1.82) is 0 Å². The average molecular weight is 390 g/mol. The van der Waals surface area contributed by atoms with Crippen LogP contribution in [0, 0.1) is 0 Å². The van der Waals surface area contributed by atoms with Gasteiger partial charge in [0.15, 0.2) is 17.5 Å². The Balaban J connectivity index is 1.38. The normalized spacial score (nSPS) is 20.5. The fourth-order valence-corrected chi connectivity index (χ4v) is 3.47. The number of aliphatic imine (C=N–C) groups is 1. The summed E-state index contributed by atoms with van der Waals surface area (Å²) in [7, 11) is 0. The highest BCUT2D eigenvalue weighted by molar-refractivity contribution is 5.81. The van der Waals surface area contributed by atoms with E-state index in [2.05, 4.69) is 9.89 Å². The summed E-state index contributed by atoms with van der Waals surface area (Å²) in [5.41, 5.74) is 16.6. The largest absolute Gasteiger partial charge is 0.486 e. The van der Waals surface area contributed by atoms with Crippen LogP contribution in [-0.2, 0) is 4.79 Å². The van der Waals surface area contributed by atoms with Crippen molar-refractivity contribution in [3.05, 3.63) is 24.3 Å². The lowest BCUT2D eigenvalue weighted by molar-refractivity contribution is -0.134. The second-order valence-corrected chi connectivity index (χ2v) is 7.18. The molecule has 2 aliphatic rings. The van der Waals surface area contributed by atoms with Gasteiger partial charge in [0.1, 0.15) is 12.7 Å². The standard InChI is InChI=1S/C19H30N6O3/c20-15(4-3-7-23-19(21)22)18(26)25-10-8-24(9-11-25)12-14-13-27-16-5-1-2-6-17(16)28-14/h1-2,5-6,14-15H,3-4,7-13,20H2,(H4,21,22,23). The average Bonchev–Trinajstić information content (AvgIpc) is 2.71. The van der Waals surface area contributed by atoms with Crippen LogP contribution in [0.4, 0.5) is 0 Å². The Bertz CT molecular complexity index is 686. The molecule has 9 nitrogen and oxygen atoms in total. The topological polar surface area (TPSA) is 132 Å². The van der Waals surface area contributed by atoms with Gasteiger partial charge < -0.3 is 31.6 Å². The van der Waals surface area contributed by atoms with Gasteiger partial charge >= 0.3 is 0 Å². The second-order valence-electron chi connectivity index (χ2n) is 7.18. The molecule has 154 valence electrons. The first-order valence-corrected chi connectivity index (χ1v) is 9.73. The summed E-state index contributed by atoms with van der Waals surface area (Å²) in [5, 5.41) is 0. The molecule has 1 saturated heterocycles. The van der Waals surface area contributed by atoms with Crippen molar-refractivity contribution in [2.75, 3.05) is 45.9 Å². The maximum Gasteiger partial charge on any atom is 0.239 e. The molecule has 28 heavy (non-hydrogen) atoms. The lowest BCUT2D eigenvalue weighted by Gasteiger charge is -2.38. The van der Waals surface area contributed by atoms with E-state index in [1.165, 1.54) is 0 Å². The van der Waals surface area contributed by atoms with E-state index >= 15 is 0 Å². The number of rotatable bonds is 7. The van der Waals surface area contributed by atoms with E-state index in [0.29, 0.717) is 39.1 Å². The van der Waals surface area contributed by atoms with Gasteiger partial charge in [-0.05, 0) is 25.0 Å². The van der Waals surface area contributed by atoms with Gasteiger partial charge in [0.25, 0.3) is 0 Å². The number of nitrogens with two attached hydrogens (primary N) is 3. The molecule has 2 heterocycles. The maximum atomic E-state index is 12.5. The zero-order chi connectivity index (χ0) is 19.9. The lowest BCUT2D eigenvalue weighted by Crippen LogP contribution is -2.55. The highest BCUT2D eigenvalue weighted by Crippen LogP contribution is 2.31. The Morgan fingerprint density at radius 3 is 2.61 bits per heavy atom. The number of guanidine groups is 1. The second kappa shape index (κ2) is 9.61. The number of amides is 1. The molecule has 6 N–H and O–H groups in total. The summed E-state index contributed by atoms with van der Waals surface area (Å²) in [4.78, 5) is 20.6. The molecule has 2 unspecified atom stereocenters. The summed E-state index contributed by atoms with van der Waals surface area (Å²) >= 11 is 0. The summed E-state index contributed by atoms with van der Waals surface area (Å²) in [6, 6.07) is 7.20. The van der Waals surface area contributed by atoms with Crippen LogP contribution >= 0.6 is 0 Å². The smallest absolute Gasteiger partial charge is 0.239 e. The van der Waals surface area contributed by atoms with Crippen LogP contribution < -0.4 is 26.7 Å². The molecule has 0 aromatic heterocycles.